The first-order chi connectivity index (χ1) is 19.2. The number of hydrogen-bond donors (Lipinski definition) is 4. The van der Waals surface area contributed by atoms with E-state index in [9.17, 15) is 29.1 Å². The second-order valence-corrected chi connectivity index (χ2v) is 10.6. The van der Waals surface area contributed by atoms with Crippen molar-refractivity contribution in [1.29, 1.82) is 0 Å². The highest BCUT2D eigenvalue weighted by Crippen LogP contribution is 2.26. The largest absolute Gasteiger partial charge is 0.459 e. The van der Waals surface area contributed by atoms with Gasteiger partial charge in [-0.15, -0.1) is 0 Å². The van der Waals surface area contributed by atoms with Crippen LogP contribution in [0.25, 0.3) is 0 Å². The summed E-state index contributed by atoms with van der Waals surface area (Å²) in [5.41, 5.74) is 0.587. The molecule has 1 heterocycles. The number of aliphatic hydroxyl groups excluding tert-OH is 1. The second kappa shape index (κ2) is 14.9. The van der Waals surface area contributed by atoms with Crippen LogP contribution >= 0.6 is 0 Å². The molecule has 11 nitrogen and oxygen atoms in total. The molecule has 4 amide bonds. The first-order valence-electron chi connectivity index (χ1n) is 13.7. The summed E-state index contributed by atoms with van der Waals surface area (Å²) in [5.74, 6) is -10.7. The summed E-state index contributed by atoms with van der Waals surface area (Å²) in [5, 5.41) is 17.5. The summed E-state index contributed by atoms with van der Waals surface area (Å²) in [6.07, 6.45) is -1.92. The maximum Gasteiger partial charge on any atom is 0.396 e. The van der Waals surface area contributed by atoms with Crippen LogP contribution in [0.4, 0.5) is 8.78 Å². The first kappa shape index (κ1) is 33.6. The summed E-state index contributed by atoms with van der Waals surface area (Å²) in [6, 6.07) is 4.66. The Bertz CT molecular complexity index is 1080. The Morgan fingerprint density at radius 2 is 1.68 bits per heavy atom. The number of rotatable bonds is 12. The summed E-state index contributed by atoms with van der Waals surface area (Å²) < 4.78 is 34.7. The molecule has 1 aromatic rings. The quantitative estimate of drug-likeness (QED) is 0.213. The van der Waals surface area contributed by atoms with Crippen molar-refractivity contribution in [1.82, 2.24) is 20.9 Å². The average molecular weight is 583 g/mol. The van der Waals surface area contributed by atoms with Crippen molar-refractivity contribution in [2.75, 3.05) is 13.2 Å². The molecule has 1 aromatic carbocycles. The van der Waals surface area contributed by atoms with Gasteiger partial charge in [0.05, 0.1) is 12.6 Å². The van der Waals surface area contributed by atoms with Gasteiger partial charge in [-0.05, 0) is 37.2 Å². The molecule has 13 heteroatoms. The van der Waals surface area contributed by atoms with Crippen molar-refractivity contribution in [2.45, 2.75) is 84.2 Å². The van der Waals surface area contributed by atoms with Crippen molar-refractivity contribution in [3.8, 4) is 0 Å². The Morgan fingerprint density at radius 1 is 1.05 bits per heavy atom. The number of nitrogens with one attached hydrogen (secondary N) is 3. The third-order valence-electron chi connectivity index (χ3n) is 6.86. The number of carbonyl (C=O) groups is 5. The molecule has 2 rings (SSSR count). The topological polar surface area (TPSA) is 154 Å². The van der Waals surface area contributed by atoms with E-state index in [-0.39, 0.29) is 26.1 Å². The van der Waals surface area contributed by atoms with Crippen LogP contribution in [0.1, 0.15) is 53.0 Å². The number of likely N-dealkylation sites (tertiary alicyclic amines) is 1. The highest BCUT2D eigenvalue weighted by Gasteiger charge is 2.51. The van der Waals surface area contributed by atoms with E-state index in [1.54, 1.807) is 44.2 Å². The van der Waals surface area contributed by atoms with E-state index < -0.39 is 71.6 Å². The minimum Gasteiger partial charge on any atom is -0.459 e. The lowest BCUT2D eigenvalue weighted by Crippen LogP contribution is -2.61. The van der Waals surface area contributed by atoms with Gasteiger partial charge in [0, 0.05) is 13.1 Å². The number of benzene rings is 1. The number of hydrogen-bond acceptors (Lipinski definition) is 7. The van der Waals surface area contributed by atoms with Crippen molar-refractivity contribution in [3.63, 3.8) is 0 Å². The molecule has 1 saturated heterocycles. The van der Waals surface area contributed by atoms with Gasteiger partial charge in [0.2, 0.25) is 11.8 Å². The van der Waals surface area contributed by atoms with Crippen LogP contribution in [0, 0.1) is 11.8 Å². The van der Waals surface area contributed by atoms with Crippen LogP contribution in [0.15, 0.2) is 30.3 Å². The molecule has 0 saturated carbocycles. The number of ether oxygens (including phenoxy) is 1. The van der Waals surface area contributed by atoms with Gasteiger partial charge in [-0.3, -0.25) is 19.2 Å². The number of esters is 1. The molecule has 2 unspecified atom stereocenters. The molecule has 1 aliphatic heterocycles. The van der Waals surface area contributed by atoms with E-state index in [1.807, 2.05) is 0 Å². The Morgan fingerprint density at radius 3 is 2.24 bits per heavy atom. The Hall–Kier alpha value is -3.61. The molecule has 0 aliphatic carbocycles. The highest BCUT2D eigenvalue weighted by atomic mass is 19.3. The van der Waals surface area contributed by atoms with Crippen LogP contribution in [0.2, 0.25) is 0 Å². The van der Waals surface area contributed by atoms with E-state index in [1.165, 1.54) is 25.7 Å². The number of carbonyl (C=O) groups excluding carboxylic acids is 5. The van der Waals surface area contributed by atoms with Gasteiger partial charge in [-0.1, -0.05) is 58.0 Å². The minimum atomic E-state index is -4.23. The maximum atomic E-state index is 15.0. The molecule has 0 bridgehead atoms. The minimum absolute atomic E-state index is 0.0302. The molecule has 0 spiro atoms. The summed E-state index contributed by atoms with van der Waals surface area (Å²) in [4.78, 5) is 64.2. The lowest BCUT2D eigenvalue weighted by atomic mass is 9.93. The number of alkyl halides is 2. The summed E-state index contributed by atoms with van der Waals surface area (Å²) in [7, 11) is 0. The lowest BCUT2D eigenvalue weighted by Gasteiger charge is -2.34. The first-order valence-corrected chi connectivity index (χ1v) is 13.7. The Kier molecular flexibility index (Phi) is 12.2. The third-order valence-corrected chi connectivity index (χ3v) is 6.86. The molecular weight excluding hydrogens is 542 g/mol. The van der Waals surface area contributed by atoms with Gasteiger partial charge in [-0.25, -0.2) is 4.79 Å². The third kappa shape index (κ3) is 8.69. The lowest BCUT2D eigenvalue weighted by molar-refractivity contribution is -0.169. The van der Waals surface area contributed by atoms with Crippen molar-refractivity contribution < 1.29 is 42.6 Å². The zero-order chi connectivity index (χ0) is 30.9. The average Bonchev–Trinajstić information content (AvgIpc) is 3.43. The molecule has 0 aromatic heterocycles. The van der Waals surface area contributed by atoms with E-state index in [2.05, 4.69) is 20.7 Å². The molecule has 1 fully saturated rings. The Labute approximate surface area is 238 Å². The number of amides is 4. The van der Waals surface area contributed by atoms with Gasteiger partial charge in [-0.2, -0.15) is 8.78 Å². The van der Waals surface area contributed by atoms with Crippen molar-refractivity contribution >= 4 is 29.6 Å². The summed E-state index contributed by atoms with van der Waals surface area (Å²) in [6.45, 7) is 7.78. The molecule has 228 valence electrons. The van der Waals surface area contributed by atoms with Gasteiger partial charge in [0.1, 0.15) is 18.2 Å². The fourth-order valence-electron chi connectivity index (χ4n) is 4.52. The predicted molar refractivity (Wildman–Crippen MR) is 144 cm³/mol. The van der Waals surface area contributed by atoms with Crippen LogP contribution < -0.4 is 16.0 Å². The van der Waals surface area contributed by atoms with Gasteiger partial charge >= 0.3 is 17.8 Å². The highest BCUT2D eigenvalue weighted by molar-refractivity contribution is 6.33. The summed E-state index contributed by atoms with van der Waals surface area (Å²) >= 11 is 0. The van der Waals surface area contributed by atoms with Crippen LogP contribution in [0.3, 0.4) is 0 Å². The maximum absolute atomic E-state index is 15.0. The van der Waals surface area contributed by atoms with Crippen molar-refractivity contribution in [2.24, 2.45) is 11.8 Å². The molecule has 41 heavy (non-hydrogen) atoms. The zero-order valence-corrected chi connectivity index (χ0v) is 24.0. The predicted octanol–water partition coefficient (Wildman–Crippen LogP) is 1.13. The smallest absolute Gasteiger partial charge is 0.396 e. The fraction of sp³-hybridized carbons (Fsp3) is 0.607. The molecule has 4 atom stereocenters. The standard InChI is InChI=1S/C28H40F2N4O7/c1-6-41-26(39)24(37)33-21(17(4)5)25(38)34-14-10-13-19(34)23(36)32-20(16(2)3)22(35)28(29,30)27(40)31-15-18-11-8-7-9-12-18/h7-9,11-12,16-17,19-22,35H,6,10,13-15H2,1-5H3,(H,31,40)(H,32,36)(H,33,37)/t19?,20-,21-,22?/m0/s1. The SMILES string of the molecule is CCOC(=O)C(=O)N[C@H](C(=O)N1CCCC1C(=O)N[C@@H](C(C)C)C(O)C(F)(F)C(=O)NCc1ccccc1)C(C)C. The van der Waals surface area contributed by atoms with Crippen molar-refractivity contribution in [3.05, 3.63) is 35.9 Å². The molecule has 4 N–H and O–H groups in total. The number of nitrogens with zero attached hydrogens (tertiary/aromatic N) is 1. The van der Waals surface area contributed by atoms with Gasteiger partial charge in [0.25, 0.3) is 5.91 Å². The van der Waals surface area contributed by atoms with Gasteiger partial charge in [0.15, 0.2) is 0 Å². The van der Waals surface area contributed by atoms with E-state index in [4.69, 9.17) is 0 Å². The monoisotopic (exact) mass is 582 g/mol. The van der Waals surface area contributed by atoms with Crippen LogP contribution in [0.5, 0.6) is 0 Å². The number of aliphatic hydroxyl groups is 1. The normalized spacial score (nSPS) is 17.5. The zero-order valence-electron chi connectivity index (χ0n) is 24.0. The van der Waals surface area contributed by atoms with Crippen LogP contribution in [-0.2, 0) is 35.3 Å². The Balaban J connectivity index is 2.14. The fourth-order valence-corrected chi connectivity index (χ4v) is 4.52. The van der Waals surface area contributed by atoms with Gasteiger partial charge < -0.3 is 30.7 Å². The van der Waals surface area contributed by atoms with Crippen LogP contribution in [-0.4, -0.2) is 82.9 Å². The second-order valence-electron chi connectivity index (χ2n) is 10.6. The molecule has 1 aliphatic rings. The van der Waals surface area contributed by atoms with E-state index >= 15 is 8.78 Å². The number of halogens is 2. The van der Waals surface area contributed by atoms with E-state index in [0.29, 0.717) is 12.0 Å². The molecule has 0 radical (unpaired) electrons. The van der Waals surface area contributed by atoms with E-state index in [0.717, 1.165) is 0 Å². The molecular formula is C28H40F2N4O7.